The van der Waals surface area contributed by atoms with Gasteiger partial charge in [0.05, 0.1) is 12.5 Å². The summed E-state index contributed by atoms with van der Waals surface area (Å²) in [5.74, 6) is 0.0485. The molecule has 0 fully saturated rings. The van der Waals surface area contributed by atoms with E-state index in [9.17, 15) is 4.79 Å². The van der Waals surface area contributed by atoms with Crippen molar-refractivity contribution in [3.63, 3.8) is 0 Å². The van der Waals surface area contributed by atoms with Gasteiger partial charge < -0.3 is 4.90 Å². The van der Waals surface area contributed by atoms with Gasteiger partial charge in [-0.3, -0.25) is 10.1 Å². The fourth-order valence-electron chi connectivity index (χ4n) is 1.48. The normalized spacial score (nSPS) is 13.9. The third-order valence-electron chi connectivity index (χ3n) is 2.75. The van der Waals surface area contributed by atoms with Gasteiger partial charge in [0.25, 0.3) is 0 Å². The zero-order valence-electron chi connectivity index (χ0n) is 10.8. The molecular weight excluding hydrogens is 202 g/mol. The lowest BCUT2D eigenvalue weighted by Crippen LogP contribution is -2.40. The lowest BCUT2D eigenvalue weighted by molar-refractivity contribution is -0.131. The predicted octanol–water partition coefficient (Wildman–Crippen LogP) is 1.53. The number of hydrogen-bond donors (Lipinski definition) is 1. The van der Waals surface area contributed by atoms with Crippen LogP contribution in [0.4, 0.5) is 0 Å². The van der Waals surface area contributed by atoms with E-state index >= 15 is 0 Å². The molecule has 4 heteroatoms. The van der Waals surface area contributed by atoms with Crippen molar-refractivity contribution in [1.82, 2.24) is 10.2 Å². The fraction of sp³-hybridized carbons (Fsp3) is 0.833. The van der Waals surface area contributed by atoms with Gasteiger partial charge >= 0.3 is 0 Å². The number of nitrogens with one attached hydrogen (secondary N) is 1. The maximum absolute atomic E-state index is 11.8. The first-order valence-corrected chi connectivity index (χ1v) is 6.02. The van der Waals surface area contributed by atoms with E-state index in [-0.39, 0.29) is 24.4 Å². The van der Waals surface area contributed by atoms with Gasteiger partial charge in [0.1, 0.15) is 6.04 Å². The van der Waals surface area contributed by atoms with Crippen LogP contribution in [-0.2, 0) is 4.79 Å². The molecule has 2 unspecified atom stereocenters. The van der Waals surface area contributed by atoms with E-state index in [1.165, 1.54) is 0 Å². The maximum Gasteiger partial charge on any atom is 0.225 e. The Balaban J connectivity index is 4.22. The largest absolute Gasteiger partial charge is 0.343 e. The van der Waals surface area contributed by atoms with E-state index in [0.717, 1.165) is 6.42 Å². The average Bonchev–Trinajstić information content (AvgIpc) is 2.29. The maximum atomic E-state index is 11.8. The summed E-state index contributed by atoms with van der Waals surface area (Å²) in [7, 11) is 0. The zero-order valence-corrected chi connectivity index (χ0v) is 10.8. The van der Waals surface area contributed by atoms with Crippen LogP contribution in [0.2, 0.25) is 0 Å². The van der Waals surface area contributed by atoms with Gasteiger partial charge in [-0.25, -0.2) is 0 Å². The Morgan fingerprint density at radius 2 is 1.94 bits per heavy atom. The molecule has 1 N–H and O–H groups in total. The van der Waals surface area contributed by atoms with Crippen LogP contribution in [0.5, 0.6) is 0 Å². The molecule has 0 heterocycles. The number of nitriles is 1. The Morgan fingerprint density at radius 1 is 1.38 bits per heavy atom. The first-order valence-electron chi connectivity index (χ1n) is 6.02. The summed E-state index contributed by atoms with van der Waals surface area (Å²) >= 11 is 0. The molecule has 0 aromatic heterocycles. The van der Waals surface area contributed by atoms with E-state index in [1.807, 2.05) is 20.8 Å². The Bertz CT molecular complexity index is 243. The first kappa shape index (κ1) is 14.9. The lowest BCUT2D eigenvalue weighted by atomic mass is 10.1. The SMILES string of the molecule is CCC(C)NC(C#N)CC(=O)N(CC)CC. The van der Waals surface area contributed by atoms with Crippen LogP contribution in [0.3, 0.4) is 0 Å². The van der Waals surface area contributed by atoms with Gasteiger partial charge in [0.15, 0.2) is 0 Å². The topological polar surface area (TPSA) is 56.1 Å². The van der Waals surface area contributed by atoms with Crippen molar-refractivity contribution >= 4 is 5.91 Å². The molecule has 0 bridgehead atoms. The predicted molar refractivity (Wildman–Crippen MR) is 64.8 cm³/mol. The molecule has 0 radical (unpaired) electrons. The quantitative estimate of drug-likeness (QED) is 0.715. The molecule has 2 atom stereocenters. The van der Waals surface area contributed by atoms with E-state index in [4.69, 9.17) is 5.26 Å². The lowest BCUT2D eigenvalue weighted by Gasteiger charge is -2.22. The molecule has 0 aromatic rings. The number of rotatable bonds is 7. The zero-order chi connectivity index (χ0) is 12.6. The molecule has 0 aliphatic rings. The molecule has 0 aliphatic carbocycles. The van der Waals surface area contributed by atoms with Gasteiger partial charge in [0.2, 0.25) is 5.91 Å². The van der Waals surface area contributed by atoms with Crippen LogP contribution in [0, 0.1) is 11.3 Å². The molecular formula is C12H23N3O. The summed E-state index contributed by atoms with van der Waals surface area (Å²) < 4.78 is 0. The Kier molecular flexibility index (Phi) is 7.57. The van der Waals surface area contributed by atoms with Crippen molar-refractivity contribution in [2.24, 2.45) is 0 Å². The second-order valence-corrected chi connectivity index (χ2v) is 3.93. The van der Waals surface area contributed by atoms with Crippen LogP contribution < -0.4 is 5.32 Å². The minimum Gasteiger partial charge on any atom is -0.343 e. The van der Waals surface area contributed by atoms with Crippen molar-refractivity contribution in [3.8, 4) is 6.07 Å². The Labute approximate surface area is 98.6 Å². The van der Waals surface area contributed by atoms with E-state index in [2.05, 4.69) is 18.3 Å². The molecule has 0 spiro atoms. The standard InChI is InChI=1S/C12H23N3O/c1-5-10(4)14-11(9-13)8-12(16)15(6-2)7-3/h10-11,14H,5-8H2,1-4H3. The van der Waals surface area contributed by atoms with Crippen LogP contribution >= 0.6 is 0 Å². The molecule has 16 heavy (non-hydrogen) atoms. The van der Waals surface area contributed by atoms with Gasteiger partial charge in [-0.2, -0.15) is 5.26 Å². The molecule has 0 saturated heterocycles. The minimum absolute atomic E-state index is 0.0485. The van der Waals surface area contributed by atoms with Crippen LogP contribution in [-0.4, -0.2) is 36.0 Å². The fourth-order valence-corrected chi connectivity index (χ4v) is 1.48. The van der Waals surface area contributed by atoms with E-state index < -0.39 is 0 Å². The molecule has 0 rings (SSSR count). The summed E-state index contributed by atoms with van der Waals surface area (Å²) in [5, 5.41) is 12.1. The van der Waals surface area contributed by atoms with E-state index in [0.29, 0.717) is 13.1 Å². The summed E-state index contributed by atoms with van der Waals surface area (Å²) in [4.78, 5) is 13.5. The van der Waals surface area contributed by atoms with Crippen LogP contribution in [0.15, 0.2) is 0 Å². The molecule has 0 saturated carbocycles. The molecule has 92 valence electrons. The van der Waals surface area contributed by atoms with Crippen molar-refractivity contribution < 1.29 is 4.79 Å². The third-order valence-corrected chi connectivity index (χ3v) is 2.75. The Morgan fingerprint density at radius 3 is 2.31 bits per heavy atom. The van der Waals surface area contributed by atoms with Crippen molar-refractivity contribution in [3.05, 3.63) is 0 Å². The van der Waals surface area contributed by atoms with Crippen molar-refractivity contribution in [2.45, 2.75) is 52.6 Å². The summed E-state index contributed by atoms with van der Waals surface area (Å²) in [5.41, 5.74) is 0. The van der Waals surface area contributed by atoms with Gasteiger partial charge in [0, 0.05) is 19.1 Å². The summed E-state index contributed by atoms with van der Waals surface area (Å²) in [6.45, 7) is 9.38. The summed E-state index contributed by atoms with van der Waals surface area (Å²) in [6.07, 6.45) is 1.22. The number of nitrogens with zero attached hydrogens (tertiary/aromatic N) is 2. The monoisotopic (exact) mass is 225 g/mol. The minimum atomic E-state index is -0.372. The highest BCUT2D eigenvalue weighted by Gasteiger charge is 2.17. The number of carbonyl (C=O) groups excluding carboxylic acids is 1. The highest BCUT2D eigenvalue weighted by molar-refractivity contribution is 5.77. The number of carbonyl (C=O) groups is 1. The molecule has 1 amide bonds. The average molecular weight is 225 g/mol. The van der Waals surface area contributed by atoms with Gasteiger partial charge in [-0.15, -0.1) is 0 Å². The van der Waals surface area contributed by atoms with Gasteiger partial charge in [-0.05, 0) is 27.2 Å². The second-order valence-electron chi connectivity index (χ2n) is 3.93. The van der Waals surface area contributed by atoms with Crippen molar-refractivity contribution in [1.29, 1.82) is 5.26 Å². The number of hydrogen-bond acceptors (Lipinski definition) is 3. The highest BCUT2D eigenvalue weighted by Crippen LogP contribution is 2.01. The Hall–Kier alpha value is -1.08. The van der Waals surface area contributed by atoms with Gasteiger partial charge in [-0.1, -0.05) is 6.92 Å². The van der Waals surface area contributed by atoms with E-state index in [1.54, 1.807) is 4.90 Å². The van der Waals surface area contributed by atoms with Crippen molar-refractivity contribution in [2.75, 3.05) is 13.1 Å². The molecule has 0 aromatic carbocycles. The third kappa shape index (κ3) is 5.13. The molecule has 0 aliphatic heterocycles. The molecule has 4 nitrogen and oxygen atoms in total. The second kappa shape index (κ2) is 8.12. The number of amides is 1. The smallest absolute Gasteiger partial charge is 0.225 e. The van der Waals surface area contributed by atoms with Crippen LogP contribution in [0.1, 0.15) is 40.5 Å². The summed E-state index contributed by atoms with van der Waals surface area (Å²) in [6, 6.07) is 2.04. The first-order chi connectivity index (χ1) is 7.58. The highest BCUT2D eigenvalue weighted by atomic mass is 16.2. The van der Waals surface area contributed by atoms with Crippen LogP contribution in [0.25, 0.3) is 0 Å².